The van der Waals surface area contributed by atoms with Gasteiger partial charge in [-0.1, -0.05) is 62.4 Å². The quantitative estimate of drug-likeness (QED) is 0.374. The average Bonchev–Trinajstić information content (AvgIpc) is 2.73. The van der Waals surface area contributed by atoms with Crippen LogP contribution in [-0.4, -0.2) is 7.11 Å². The topological polar surface area (TPSA) is 39.4 Å². The average molecular weight is 384 g/mol. The third kappa shape index (κ3) is 3.56. The molecule has 0 bridgehead atoms. The molecule has 29 heavy (non-hydrogen) atoms. The molecule has 3 heteroatoms. The number of ether oxygens (including phenoxy) is 1. The van der Waals surface area contributed by atoms with Crippen LogP contribution in [0, 0.1) is 6.92 Å². The van der Waals surface area contributed by atoms with Gasteiger partial charge in [-0.2, -0.15) is 0 Å². The van der Waals surface area contributed by atoms with Gasteiger partial charge in [-0.05, 0) is 52.8 Å². The lowest BCUT2D eigenvalue weighted by Gasteiger charge is -2.14. The van der Waals surface area contributed by atoms with Gasteiger partial charge in [0.2, 0.25) is 0 Å². The van der Waals surface area contributed by atoms with Gasteiger partial charge in [-0.3, -0.25) is 0 Å². The summed E-state index contributed by atoms with van der Waals surface area (Å²) in [5.74, 6) is 1.11. The van der Waals surface area contributed by atoms with Gasteiger partial charge < -0.3 is 9.15 Å². The Morgan fingerprint density at radius 3 is 2.00 bits per heavy atom. The fraction of sp³-hybridized carbons (Fsp3) is 0.192. The van der Waals surface area contributed by atoms with Gasteiger partial charge >= 0.3 is 5.63 Å². The monoisotopic (exact) mass is 384 g/mol. The zero-order chi connectivity index (χ0) is 20.5. The van der Waals surface area contributed by atoms with Crippen molar-refractivity contribution in [3.8, 4) is 28.0 Å². The van der Waals surface area contributed by atoms with E-state index in [9.17, 15) is 4.79 Å². The van der Waals surface area contributed by atoms with Crippen LogP contribution in [-0.2, 0) is 0 Å². The normalized spacial score (nSPS) is 11.2. The maximum atomic E-state index is 12.3. The molecular formula is C26H24O3. The molecule has 0 spiro atoms. The third-order valence-electron chi connectivity index (χ3n) is 5.37. The van der Waals surface area contributed by atoms with Crippen LogP contribution in [0.5, 0.6) is 5.75 Å². The van der Waals surface area contributed by atoms with Crippen LogP contribution in [0.15, 0.2) is 75.9 Å². The first-order chi connectivity index (χ1) is 14.0. The number of aryl methyl sites for hydroxylation is 1. The Morgan fingerprint density at radius 1 is 0.828 bits per heavy atom. The molecule has 3 nitrogen and oxygen atoms in total. The number of rotatable bonds is 4. The zero-order valence-corrected chi connectivity index (χ0v) is 17.2. The summed E-state index contributed by atoms with van der Waals surface area (Å²) in [5.41, 5.74) is 6.68. The van der Waals surface area contributed by atoms with Crippen molar-refractivity contribution in [1.29, 1.82) is 0 Å². The lowest BCUT2D eigenvalue weighted by molar-refractivity contribution is 0.415. The molecule has 0 fully saturated rings. The fourth-order valence-corrected chi connectivity index (χ4v) is 3.77. The van der Waals surface area contributed by atoms with E-state index >= 15 is 0 Å². The first-order valence-electron chi connectivity index (χ1n) is 9.80. The van der Waals surface area contributed by atoms with Gasteiger partial charge in [-0.15, -0.1) is 0 Å². The van der Waals surface area contributed by atoms with Crippen LogP contribution in [0.2, 0.25) is 0 Å². The summed E-state index contributed by atoms with van der Waals surface area (Å²) in [5, 5.41) is 1.01. The zero-order valence-electron chi connectivity index (χ0n) is 17.2. The molecule has 146 valence electrons. The molecule has 4 rings (SSSR count). The Labute approximate surface area is 170 Å². The first-order valence-corrected chi connectivity index (χ1v) is 9.80. The molecule has 0 saturated heterocycles. The minimum absolute atomic E-state index is 0.272. The van der Waals surface area contributed by atoms with Crippen molar-refractivity contribution < 1.29 is 9.15 Å². The van der Waals surface area contributed by atoms with Crippen molar-refractivity contribution in [2.45, 2.75) is 26.7 Å². The Kier molecular flexibility index (Phi) is 4.98. The second-order valence-corrected chi connectivity index (χ2v) is 7.62. The lowest BCUT2D eigenvalue weighted by atomic mass is 9.92. The number of benzene rings is 3. The summed E-state index contributed by atoms with van der Waals surface area (Å²) in [6.07, 6.45) is 0. The highest BCUT2D eigenvalue weighted by Gasteiger charge is 2.15. The molecule has 1 heterocycles. The highest BCUT2D eigenvalue weighted by molar-refractivity contribution is 5.97. The summed E-state index contributed by atoms with van der Waals surface area (Å²) < 4.78 is 10.9. The Balaban J connectivity index is 1.84. The Bertz CT molecular complexity index is 1210. The summed E-state index contributed by atoms with van der Waals surface area (Å²) in [6.45, 7) is 6.28. The predicted octanol–water partition coefficient (Wildman–Crippen LogP) is 6.57. The molecule has 3 aromatic carbocycles. The first kappa shape index (κ1) is 19.0. The minimum atomic E-state index is -0.320. The van der Waals surface area contributed by atoms with Gasteiger partial charge in [0.25, 0.3) is 0 Å². The predicted molar refractivity (Wildman–Crippen MR) is 119 cm³/mol. The van der Waals surface area contributed by atoms with E-state index in [1.165, 1.54) is 0 Å². The Hall–Kier alpha value is -3.33. The summed E-state index contributed by atoms with van der Waals surface area (Å²) >= 11 is 0. The van der Waals surface area contributed by atoms with E-state index in [2.05, 4.69) is 57.2 Å². The molecule has 0 aliphatic carbocycles. The molecule has 0 atom stereocenters. The van der Waals surface area contributed by atoms with E-state index in [4.69, 9.17) is 9.15 Å². The van der Waals surface area contributed by atoms with Gasteiger partial charge in [0.15, 0.2) is 0 Å². The van der Waals surface area contributed by atoms with Gasteiger partial charge in [0.05, 0.1) is 7.11 Å². The molecule has 1 aromatic heterocycles. The molecule has 0 N–H and O–H groups in total. The van der Waals surface area contributed by atoms with Gasteiger partial charge in [-0.25, -0.2) is 4.79 Å². The van der Waals surface area contributed by atoms with E-state index < -0.39 is 0 Å². The third-order valence-corrected chi connectivity index (χ3v) is 5.37. The van der Waals surface area contributed by atoms with Crippen LogP contribution >= 0.6 is 0 Å². The van der Waals surface area contributed by atoms with Gasteiger partial charge in [0, 0.05) is 17.0 Å². The van der Waals surface area contributed by atoms with Crippen molar-refractivity contribution >= 4 is 11.0 Å². The Morgan fingerprint density at radius 2 is 1.41 bits per heavy atom. The second-order valence-electron chi connectivity index (χ2n) is 7.62. The smallest absolute Gasteiger partial charge is 0.336 e. The van der Waals surface area contributed by atoms with E-state index in [-0.39, 0.29) is 11.5 Å². The molecular weight excluding hydrogens is 360 g/mol. The van der Waals surface area contributed by atoms with E-state index in [0.717, 1.165) is 44.5 Å². The largest absolute Gasteiger partial charge is 0.497 e. The van der Waals surface area contributed by atoms with Crippen molar-refractivity contribution in [3.05, 3.63) is 88.3 Å². The minimum Gasteiger partial charge on any atom is -0.497 e. The highest BCUT2D eigenvalue weighted by Crippen LogP contribution is 2.35. The lowest BCUT2D eigenvalue weighted by Crippen LogP contribution is -2.02. The second kappa shape index (κ2) is 7.59. The maximum absolute atomic E-state index is 12.3. The van der Waals surface area contributed by atoms with Crippen LogP contribution in [0.3, 0.4) is 0 Å². The van der Waals surface area contributed by atoms with Crippen molar-refractivity contribution in [2.24, 2.45) is 0 Å². The van der Waals surface area contributed by atoms with Crippen molar-refractivity contribution in [3.63, 3.8) is 0 Å². The number of hydrogen-bond donors (Lipinski definition) is 0. The maximum Gasteiger partial charge on any atom is 0.336 e. The summed E-state index contributed by atoms with van der Waals surface area (Å²) in [4.78, 5) is 12.3. The molecule has 0 unspecified atom stereocenters. The molecule has 0 amide bonds. The van der Waals surface area contributed by atoms with E-state index in [0.29, 0.717) is 5.58 Å². The summed E-state index contributed by atoms with van der Waals surface area (Å²) in [7, 11) is 1.66. The van der Waals surface area contributed by atoms with Crippen LogP contribution < -0.4 is 10.4 Å². The van der Waals surface area contributed by atoms with Gasteiger partial charge in [0.1, 0.15) is 11.3 Å². The molecule has 0 saturated carbocycles. The molecule has 0 radical (unpaired) electrons. The van der Waals surface area contributed by atoms with Crippen molar-refractivity contribution in [1.82, 2.24) is 0 Å². The van der Waals surface area contributed by atoms with E-state index in [1.54, 1.807) is 13.2 Å². The van der Waals surface area contributed by atoms with Crippen LogP contribution in [0.25, 0.3) is 33.2 Å². The van der Waals surface area contributed by atoms with Crippen LogP contribution in [0.1, 0.15) is 30.9 Å². The van der Waals surface area contributed by atoms with Crippen molar-refractivity contribution in [2.75, 3.05) is 7.11 Å². The van der Waals surface area contributed by atoms with E-state index in [1.807, 2.05) is 24.3 Å². The SMILES string of the molecule is COc1ccc(-c2ccc(-c3cc(=O)oc4c(C(C)C)ccc(C)c34)cc2)cc1. The number of hydrogen-bond acceptors (Lipinski definition) is 3. The standard InChI is InChI=1S/C26H24O3/c1-16(2)22-14-5-17(3)25-23(15-24(27)29-26(22)25)20-8-6-18(7-9-20)19-10-12-21(28-4)13-11-19/h5-16H,1-4H3. The highest BCUT2D eigenvalue weighted by atomic mass is 16.5. The fourth-order valence-electron chi connectivity index (χ4n) is 3.77. The number of fused-ring (bicyclic) bond motifs is 1. The molecule has 0 aliphatic heterocycles. The summed E-state index contributed by atoms with van der Waals surface area (Å²) in [6, 6.07) is 22.0. The molecule has 0 aliphatic rings. The molecule has 4 aromatic rings. The van der Waals surface area contributed by atoms with Crippen LogP contribution in [0.4, 0.5) is 0 Å². The number of methoxy groups -OCH3 is 1.